The standard InChI is InChI=1S/C43H60N6O7S/c50-39(28-40(51)44-14-7-15-48-16-20-55-21-17-48)37(24-31-8-2-1-3-9-31)46-43(54)38(27-35-29-57-30-45-35)47-42(53)34(26-41(52)49-18-22-56-23-19-49)25-33-12-6-11-32-10-4-5-13-36(32)33/h4-6,10-13,29-31,34,37-39,50H,1-3,7-9,14-28H2,(H,44,51)(H,46,54)(H,47,53)/t34-,37+,38?,39+/m1/s1. The monoisotopic (exact) mass is 804 g/mol. The lowest BCUT2D eigenvalue weighted by Crippen LogP contribution is -2.55. The Bertz CT molecular complexity index is 1720. The van der Waals surface area contributed by atoms with Crippen molar-refractivity contribution in [2.45, 2.75) is 88.8 Å². The summed E-state index contributed by atoms with van der Waals surface area (Å²) in [6.07, 6.45) is 5.83. The van der Waals surface area contributed by atoms with E-state index in [0.29, 0.717) is 57.3 Å². The molecule has 14 heteroatoms. The molecule has 310 valence electrons. The lowest BCUT2D eigenvalue weighted by molar-refractivity contribution is -0.140. The lowest BCUT2D eigenvalue weighted by Gasteiger charge is -2.32. The first-order chi connectivity index (χ1) is 27.8. The Labute approximate surface area is 340 Å². The van der Waals surface area contributed by atoms with Crippen LogP contribution in [0, 0.1) is 11.8 Å². The van der Waals surface area contributed by atoms with Crippen molar-refractivity contribution in [1.29, 1.82) is 0 Å². The van der Waals surface area contributed by atoms with Gasteiger partial charge in [0.25, 0.3) is 0 Å². The molecule has 0 bridgehead atoms. The van der Waals surface area contributed by atoms with Crippen LogP contribution in [-0.2, 0) is 41.5 Å². The zero-order valence-electron chi connectivity index (χ0n) is 33.1. The highest BCUT2D eigenvalue weighted by atomic mass is 32.1. The summed E-state index contributed by atoms with van der Waals surface area (Å²) in [7, 11) is 0. The summed E-state index contributed by atoms with van der Waals surface area (Å²) in [4.78, 5) is 64.0. The van der Waals surface area contributed by atoms with Crippen LogP contribution in [0.2, 0.25) is 0 Å². The van der Waals surface area contributed by atoms with E-state index in [1.54, 1.807) is 10.4 Å². The number of ether oxygens (including phenoxy) is 2. The summed E-state index contributed by atoms with van der Waals surface area (Å²) in [5, 5.41) is 24.5. The van der Waals surface area contributed by atoms with Crippen LogP contribution in [-0.4, -0.2) is 127 Å². The SMILES string of the molecule is O=C(C[C@H](O)[C@H](CC1CCCCC1)NC(=O)C(Cc1cscn1)NC(=O)[C@@H](CC(=O)N1CCOCC1)Cc1cccc2ccccc12)NCCCN1CCOCC1. The highest BCUT2D eigenvalue weighted by molar-refractivity contribution is 7.07. The van der Waals surface area contributed by atoms with Crippen molar-refractivity contribution in [1.82, 2.24) is 30.7 Å². The van der Waals surface area contributed by atoms with Gasteiger partial charge in [0, 0.05) is 50.9 Å². The first-order valence-corrected chi connectivity index (χ1v) is 21.8. The summed E-state index contributed by atoms with van der Waals surface area (Å²) in [6, 6.07) is 12.2. The van der Waals surface area contributed by atoms with Crippen molar-refractivity contribution in [3.05, 3.63) is 64.6 Å². The van der Waals surface area contributed by atoms with Crippen molar-refractivity contribution < 1.29 is 33.8 Å². The Morgan fingerprint density at radius 3 is 2.35 bits per heavy atom. The molecule has 4 amide bonds. The van der Waals surface area contributed by atoms with Gasteiger partial charge in [-0.2, -0.15) is 0 Å². The maximum absolute atomic E-state index is 14.4. The van der Waals surface area contributed by atoms with Gasteiger partial charge >= 0.3 is 0 Å². The molecule has 0 radical (unpaired) electrons. The second-order valence-electron chi connectivity index (χ2n) is 15.8. The molecule has 4 atom stereocenters. The van der Waals surface area contributed by atoms with E-state index in [-0.39, 0.29) is 31.1 Å². The highest BCUT2D eigenvalue weighted by Crippen LogP contribution is 2.29. The maximum Gasteiger partial charge on any atom is 0.243 e. The minimum atomic E-state index is -1.11. The van der Waals surface area contributed by atoms with Crippen molar-refractivity contribution >= 4 is 45.7 Å². The Balaban J connectivity index is 1.16. The summed E-state index contributed by atoms with van der Waals surface area (Å²) < 4.78 is 10.9. The fourth-order valence-corrected chi connectivity index (χ4v) is 8.90. The second kappa shape index (κ2) is 22.3. The Kier molecular flexibility index (Phi) is 16.7. The zero-order valence-corrected chi connectivity index (χ0v) is 33.9. The fraction of sp³-hybridized carbons (Fsp3) is 0.605. The molecule has 4 N–H and O–H groups in total. The number of aliphatic hydroxyl groups excluding tert-OH is 1. The van der Waals surface area contributed by atoms with Crippen molar-refractivity contribution in [3.63, 3.8) is 0 Å². The van der Waals surface area contributed by atoms with Crippen LogP contribution in [0.4, 0.5) is 0 Å². The van der Waals surface area contributed by atoms with Crippen LogP contribution in [0.1, 0.15) is 69.0 Å². The molecule has 3 heterocycles. The minimum Gasteiger partial charge on any atom is -0.390 e. The van der Waals surface area contributed by atoms with Gasteiger partial charge in [-0.3, -0.25) is 24.1 Å². The summed E-state index contributed by atoms with van der Waals surface area (Å²) in [5.74, 6) is -1.70. The number of nitrogens with one attached hydrogen (secondary N) is 3. The van der Waals surface area contributed by atoms with E-state index < -0.39 is 35.9 Å². The quantitative estimate of drug-likeness (QED) is 0.133. The molecule has 1 aromatic heterocycles. The van der Waals surface area contributed by atoms with Gasteiger partial charge < -0.3 is 35.4 Å². The molecule has 0 spiro atoms. The van der Waals surface area contributed by atoms with E-state index in [1.165, 1.54) is 17.8 Å². The Morgan fingerprint density at radius 1 is 0.860 bits per heavy atom. The number of amides is 4. The van der Waals surface area contributed by atoms with E-state index in [4.69, 9.17) is 9.47 Å². The van der Waals surface area contributed by atoms with Gasteiger partial charge in [-0.1, -0.05) is 74.6 Å². The van der Waals surface area contributed by atoms with Gasteiger partial charge in [-0.25, -0.2) is 4.98 Å². The van der Waals surface area contributed by atoms with Crippen LogP contribution in [0.5, 0.6) is 0 Å². The number of fused-ring (bicyclic) bond motifs is 1. The number of morpholine rings is 2. The number of benzene rings is 2. The molecule has 1 unspecified atom stereocenters. The third kappa shape index (κ3) is 13.3. The van der Waals surface area contributed by atoms with Crippen molar-refractivity contribution in [2.24, 2.45) is 11.8 Å². The van der Waals surface area contributed by atoms with Gasteiger partial charge in [0.1, 0.15) is 6.04 Å². The van der Waals surface area contributed by atoms with Crippen molar-refractivity contribution in [3.8, 4) is 0 Å². The number of hydrogen-bond donors (Lipinski definition) is 4. The van der Waals surface area contributed by atoms with E-state index >= 15 is 0 Å². The highest BCUT2D eigenvalue weighted by Gasteiger charge is 2.34. The predicted octanol–water partition coefficient (Wildman–Crippen LogP) is 3.48. The third-order valence-corrected chi connectivity index (χ3v) is 12.2. The molecule has 13 nitrogen and oxygen atoms in total. The minimum absolute atomic E-state index is 0.0231. The number of carbonyl (C=O) groups is 4. The average Bonchev–Trinajstić information content (AvgIpc) is 3.76. The van der Waals surface area contributed by atoms with Gasteiger partial charge in [0.15, 0.2) is 0 Å². The number of aromatic nitrogens is 1. The maximum atomic E-state index is 14.4. The van der Waals surface area contributed by atoms with Gasteiger partial charge in [-0.15, -0.1) is 11.3 Å². The lowest BCUT2D eigenvalue weighted by atomic mass is 9.83. The molecule has 6 rings (SSSR count). The normalized spacial score (nSPS) is 19.0. The molecule has 1 aliphatic carbocycles. The molecule has 3 aliphatic rings. The summed E-state index contributed by atoms with van der Waals surface area (Å²) in [6.45, 7) is 6.41. The molecule has 1 saturated carbocycles. The summed E-state index contributed by atoms with van der Waals surface area (Å²) in [5.41, 5.74) is 3.28. The third-order valence-electron chi connectivity index (χ3n) is 11.6. The number of rotatable bonds is 19. The van der Waals surface area contributed by atoms with Crippen LogP contribution in [0.15, 0.2) is 53.4 Å². The Morgan fingerprint density at radius 2 is 1.60 bits per heavy atom. The first-order valence-electron chi connectivity index (χ1n) is 20.9. The summed E-state index contributed by atoms with van der Waals surface area (Å²) >= 11 is 1.40. The van der Waals surface area contributed by atoms with Crippen LogP contribution in [0.3, 0.4) is 0 Å². The molecule has 3 fully saturated rings. The van der Waals surface area contributed by atoms with Crippen LogP contribution >= 0.6 is 11.3 Å². The van der Waals surface area contributed by atoms with Gasteiger partial charge in [0.2, 0.25) is 23.6 Å². The molecule has 2 aromatic carbocycles. The number of hydrogen-bond acceptors (Lipinski definition) is 10. The van der Waals surface area contributed by atoms with E-state index in [0.717, 1.165) is 81.3 Å². The smallest absolute Gasteiger partial charge is 0.243 e. The number of aliphatic hydroxyl groups is 1. The fourth-order valence-electron chi connectivity index (χ4n) is 8.33. The van der Waals surface area contributed by atoms with E-state index in [1.807, 2.05) is 47.8 Å². The zero-order chi connectivity index (χ0) is 39.8. The molecular formula is C43H60N6O7S. The van der Waals surface area contributed by atoms with E-state index in [2.05, 4.69) is 25.8 Å². The number of thiazole rings is 1. The molecule has 2 saturated heterocycles. The number of nitrogens with zero attached hydrogens (tertiary/aromatic N) is 3. The molecular weight excluding hydrogens is 745 g/mol. The molecule has 2 aliphatic heterocycles. The van der Waals surface area contributed by atoms with Crippen LogP contribution in [0.25, 0.3) is 10.8 Å². The largest absolute Gasteiger partial charge is 0.390 e. The van der Waals surface area contributed by atoms with Crippen LogP contribution < -0.4 is 16.0 Å². The van der Waals surface area contributed by atoms with E-state index in [9.17, 15) is 24.3 Å². The Hall–Kier alpha value is -3.95. The first kappa shape index (κ1) is 42.7. The average molecular weight is 805 g/mol. The molecule has 3 aromatic rings. The van der Waals surface area contributed by atoms with Gasteiger partial charge in [0.05, 0.1) is 62.1 Å². The second-order valence-corrected chi connectivity index (χ2v) is 16.5. The molecule has 57 heavy (non-hydrogen) atoms. The van der Waals surface area contributed by atoms with Crippen molar-refractivity contribution in [2.75, 3.05) is 65.7 Å². The van der Waals surface area contributed by atoms with Gasteiger partial charge in [-0.05, 0) is 48.1 Å². The number of carbonyl (C=O) groups excluding carboxylic acids is 4. The topological polar surface area (TPSA) is 162 Å². The predicted molar refractivity (Wildman–Crippen MR) is 220 cm³/mol.